The van der Waals surface area contributed by atoms with Crippen LogP contribution in [-0.4, -0.2) is 7.05 Å². The van der Waals surface area contributed by atoms with E-state index in [-0.39, 0.29) is 11.6 Å². The number of aryl methyl sites for hydroxylation is 1. The predicted octanol–water partition coefficient (Wildman–Crippen LogP) is 4.30. The molecule has 0 amide bonds. The number of hydrogen-bond acceptors (Lipinski definition) is 2. The fourth-order valence-electron chi connectivity index (χ4n) is 1.75. The van der Waals surface area contributed by atoms with Crippen LogP contribution in [0.25, 0.3) is 0 Å². The third-order valence-corrected chi connectivity index (χ3v) is 3.16. The van der Waals surface area contributed by atoms with Gasteiger partial charge in [0.25, 0.3) is 0 Å². The molecule has 2 rings (SSSR count). The number of nitrogens with one attached hydrogen (secondary N) is 1. The maximum absolute atomic E-state index is 13.9. The molecule has 2 aromatic carbocycles. The van der Waals surface area contributed by atoms with Crippen LogP contribution in [0, 0.1) is 12.7 Å². The zero-order chi connectivity index (χ0) is 13.8. The Morgan fingerprint density at radius 3 is 2.63 bits per heavy atom. The average molecular weight is 280 g/mol. The molecule has 19 heavy (non-hydrogen) atoms. The molecule has 100 valence electrons. The van der Waals surface area contributed by atoms with E-state index < -0.39 is 0 Å². The van der Waals surface area contributed by atoms with Crippen molar-refractivity contribution in [2.45, 2.75) is 13.5 Å². The fourth-order valence-corrected chi connectivity index (χ4v) is 1.87. The molecule has 0 bridgehead atoms. The Morgan fingerprint density at radius 2 is 2.00 bits per heavy atom. The number of rotatable bonds is 4. The minimum absolute atomic E-state index is 0.210. The lowest BCUT2D eigenvalue weighted by Gasteiger charge is -2.09. The highest BCUT2D eigenvalue weighted by Crippen LogP contribution is 2.28. The second-order valence-electron chi connectivity index (χ2n) is 4.31. The highest BCUT2D eigenvalue weighted by Gasteiger charge is 2.07. The van der Waals surface area contributed by atoms with Crippen LogP contribution in [0.1, 0.15) is 11.1 Å². The van der Waals surface area contributed by atoms with Gasteiger partial charge in [-0.2, -0.15) is 0 Å². The van der Waals surface area contributed by atoms with Crippen LogP contribution in [0.15, 0.2) is 36.4 Å². The van der Waals surface area contributed by atoms with E-state index in [2.05, 4.69) is 5.32 Å². The van der Waals surface area contributed by atoms with E-state index in [1.165, 1.54) is 6.07 Å². The lowest BCUT2D eigenvalue weighted by molar-refractivity contribution is 0.441. The minimum atomic E-state index is -0.375. The first kappa shape index (κ1) is 13.8. The topological polar surface area (TPSA) is 21.3 Å². The van der Waals surface area contributed by atoms with Crippen molar-refractivity contribution in [1.29, 1.82) is 0 Å². The van der Waals surface area contributed by atoms with Gasteiger partial charge in [-0.1, -0.05) is 17.7 Å². The van der Waals surface area contributed by atoms with Crippen molar-refractivity contribution >= 4 is 11.6 Å². The lowest BCUT2D eigenvalue weighted by Crippen LogP contribution is -2.05. The Balaban J connectivity index is 2.20. The van der Waals surface area contributed by atoms with E-state index in [9.17, 15) is 4.39 Å². The minimum Gasteiger partial charge on any atom is -0.454 e. The molecule has 0 radical (unpaired) electrons. The summed E-state index contributed by atoms with van der Waals surface area (Å²) in [6, 6.07) is 10.2. The Kier molecular flexibility index (Phi) is 4.40. The third kappa shape index (κ3) is 3.46. The quantitative estimate of drug-likeness (QED) is 0.901. The number of ether oxygens (including phenoxy) is 1. The molecule has 0 aliphatic rings. The Morgan fingerprint density at radius 1 is 1.21 bits per heavy atom. The molecule has 2 aromatic rings. The van der Waals surface area contributed by atoms with Crippen molar-refractivity contribution in [3.05, 3.63) is 58.4 Å². The lowest BCUT2D eigenvalue weighted by atomic mass is 10.2. The maximum Gasteiger partial charge on any atom is 0.166 e. The van der Waals surface area contributed by atoms with Gasteiger partial charge < -0.3 is 10.1 Å². The average Bonchev–Trinajstić information content (AvgIpc) is 2.37. The predicted molar refractivity (Wildman–Crippen MR) is 75.4 cm³/mol. The third-order valence-electron chi connectivity index (χ3n) is 2.73. The van der Waals surface area contributed by atoms with E-state index in [0.717, 1.165) is 11.1 Å². The Labute approximate surface area is 117 Å². The van der Waals surface area contributed by atoms with E-state index in [1.54, 1.807) is 24.3 Å². The van der Waals surface area contributed by atoms with E-state index in [1.807, 2.05) is 20.0 Å². The van der Waals surface area contributed by atoms with Crippen molar-refractivity contribution in [3.63, 3.8) is 0 Å². The van der Waals surface area contributed by atoms with Gasteiger partial charge in [-0.15, -0.1) is 0 Å². The molecular weight excluding hydrogens is 265 g/mol. The molecule has 0 heterocycles. The second kappa shape index (κ2) is 6.04. The van der Waals surface area contributed by atoms with Crippen LogP contribution in [-0.2, 0) is 6.54 Å². The monoisotopic (exact) mass is 279 g/mol. The molecule has 0 saturated heterocycles. The summed E-state index contributed by atoms with van der Waals surface area (Å²) in [5.41, 5.74) is 1.77. The van der Waals surface area contributed by atoms with Crippen LogP contribution in [0.4, 0.5) is 4.39 Å². The summed E-state index contributed by atoms with van der Waals surface area (Å²) in [4.78, 5) is 0. The summed E-state index contributed by atoms with van der Waals surface area (Å²) in [6.07, 6.45) is 0. The first-order valence-corrected chi connectivity index (χ1v) is 6.35. The molecular formula is C15H15ClFNO. The van der Waals surface area contributed by atoms with Gasteiger partial charge in [0.2, 0.25) is 0 Å². The van der Waals surface area contributed by atoms with Crippen LogP contribution in [0.5, 0.6) is 11.5 Å². The largest absolute Gasteiger partial charge is 0.454 e. The Bertz CT molecular complexity index is 586. The molecule has 0 aliphatic heterocycles. The highest BCUT2D eigenvalue weighted by molar-refractivity contribution is 6.31. The van der Waals surface area contributed by atoms with E-state index in [4.69, 9.17) is 16.3 Å². The molecule has 0 saturated carbocycles. The molecule has 0 spiro atoms. The molecule has 0 atom stereocenters. The Hall–Kier alpha value is -1.58. The first-order valence-electron chi connectivity index (χ1n) is 5.97. The van der Waals surface area contributed by atoms with Gasteiger partial charge in [-0.05, 0) is 55.4 Å². The van der Waals surface area contributed by atoms with Gasteiger partial charge in [0.1, 0.15) is 5.75 Å². The molecule has 0 aliphatic carbocycles. The summed E-state index contributed by atoms with van der Waals surface area (Å²) < 4.78 is 19.4. The smallest absolute Gasteiger partial charge is 0.166 e. The van der Waals surface area contributed by atoms with E-state index >= 15 is 0 Å². The fraction of sp³-hybridized carbons (Fsp3) is 0.200. The summed E-state index contributed by atoms with van der Waals surface area (Å²) in [6.45, 7) is 2.50. The number of hydrogen-bond donors (Lipinski definition) is 1. The van der Waals surface area contributed by atoms with Crippen molar-refractivity contribution in [1.82, 2.24) is 5.32 Å². The van der Waals surface area contributed by atoms with Crippen LogP contribution in [0.2, 0.25) is 5.02 Å². The number of halogens is 2. The first-order chi connectivity index (χ1) is 9.10. The zero-order valence-corrected chi connectivity index (χ0v) is 11.6. The molecule has 1 N–H and O–H groups in total. The highest BCUT2D eigenvalue weighted by atomic mass is 35.5. The SMILES string of the molecule is CNCc1ccc(Oc2ccc(Cl)c(C)c2)c(F)c1. The maximum atomic E-state index is 13.9. The summed E-state index contributed by atoms with van der Waals surface area (Å²) in [5.74, 6) is 0.407. The van der Waals surface area contributed by atoms with Crippen LogP contribution in [0.3, 0.4) is 0 Å². The normalized spacial score (nSPS) is 10.5. The summed E-state index contributed by atoms with van der Waals surface area (Å²) in [5, 5.41) is 3.64. The molecule has 0 fully saturated rings. The summed E-state index contributed by atoms with van der Waals surface area (Å²) in [7, 11) is 1.82. The van der Waals surface area contributed by atoms with Gasteiger partial charge in [-0.25, -0.2) is 4.39 Å². The number of benzene rings is 2. The van der Waals surface area contributed by atoms with Gasteiger partial charge in [0.15, 0.2) is 11.6 Å². The molecule has 0 unspecified atom stereocenters. The van der Waals surface area contributed by atoms with Crippen LogP contribution >= 0.6 is 11.6 Å². The van der Waals surface area contributed by atoms with Crippen molar-refractivity contribution in [3.8, 4) is 11.5 Å². The van der Waals surface area contributed by atoms with Crippen LogP contribution < -0.4 is 10.1 Å². The van der Waals surface area contributed by atoms with Gasteiger partial charge in [-0.3, -0.25) is 0 Å². The van der Waals surface area contributed by atoms with Crippen molar-refractivity contribution < 1.29 is 9.13 Å². The van der Waals surface area contributed by atoms with Crippen molar-refractivity contribution in [2.24, 2.45) is 0 Å². The standard InChI is InChI=1S/C15H15ClFNO/c1-10-7-12(4-5-13(10)16)19-15-6-3-11(9-18-2)8-14(15)17/h3-8,18H,9H2,1-2H3. The van der Waals surface area contributed by atoms with E-state index in [0.29, 0.717) is 17.3 Å². The van der Waals surface area contributed by atoms with Gasteiger partial charge in [0.05, 0.1) is 0 Å². The molecule has 4 heteroatoms. The van der Waals surface area contributed by atoms with Gasteiger partial charge in [0, 0.05) is 11.6 Å². The zero-order valence-electron chi connectivity index (χ0n) is 10.8. The molecule has 0 aromatic heterocycles. The molecule has 2 nitrogen and oxygen atoms in total. The van der Waals surface area contributed by atoms with Crippen molar-refractivity contribution in [2.75, 3.05) is 7.05 Å². The second-order valence-corrected chi connectivity index (χ2v) is 4.72. The van der Waals surface area contributed by atoms with Gasteiger partial charge >= 0.3 is 0 Å². The summed E-state index contributed by atoms with van der Waals surface area (Å²) >= 11 is 5.93.